The average molecular weight is 232 g/mol. The van der Waals surface area contributed by atoms with Gasteiger partial charge in [0.25, 0.3) is 0 Å². The molecule has 0 saturated heterocycles. The van der Waals surface area contributed by atoms with Crippen LogP contribution in [0.5, 0.6) is 0 Å². The summed E-state index contributed by atoms with van der Waals surface area (Å²) >= 11 is 1.35. The molecule has 0 aromatic rings. The minimum atomic E-state index is -0.565. The van der Waals surface area contributed by atoms with Crippen molar-refractivity contribution in [3.05, 3.63) is 0 Å². The van der Waals surface area contributed by atoms with Crippen molar-refractivity contribution in [1.82, 2.24) is 5.32 Å². The number of amides is 1. The molecule has 0 bridgehead atoms. The quantitative estimate of drug-likeness (QED) is 0.750. The maximum Gasteiger partial charge on any atom is 0.413 e. The molecule has 0 fully saturated rings. The molecule has 1 heterocycles. The van der Waals surface area contributed by atoms with Crippen LogP contribution in [-0.4, -0.2) is 29.0 Å². The second-order valence-corrected chi connectivity index (χ2v) is 5.60. The van der Waals surface area contributed by atoms with Crippen LogP contribution in [0.3, 0.4) is 0 Å². The van der Waals surface area contributed by atoms with Crippen molar-refractivity contribution in [2.24, 2.45) is 4.99 Å². The largest absolute Gasteiger partial charge is 0.444 e. The standard InChI is InChI=1S/C9H16N2O3S/c1-8(2,3)14-7(12)10-6-11-9(4,13-5)15-6/h1-5H3,(H,10,11,12). The van der Waals surface area contributed by atoms with E-state index in [-0.39, 0.29) is 0 Å². The van der Waals surface area contributed by atoms with Gasteiger partial charge in [-0.3, -0.25) is 5.32 Å². The fourth-order valence-electron chi connectivity index (χ4n) is 0.902. The van der Waals surface area contributed by atoms with Crippen LogP contribution >= 0.6 is 11.8 Å². The van der Waals surface area contributed by atoms with Gasteiger partial charge in [-0.25, -0.2) is 9.79 Å². The molecule has 0 aliphatic carbocycles. The number of carbonyl (C=O) groups excluding carboxylic acids is 1. The second kappa shape index (κ2) is 4.02. The van der Waals surface area contributed by atoms with Crippen molar-refractivity contribution in [3.8, 4) is 0 Å². The molecule has 5 nitrogen and oxygen atoms in total. The third-order valence-corrected chi connectivity index (χ3v) is 2.60. The van der Waals surface area contributed by atoms with E-state index in [2.05, 4.69) is 10.3 Å². The molecule has 1 aliphatic rings. The van der Waals surface area contributed by atoms with Crippen molar-refractivity contribution in [3.63, 3.8) is 0 Å². The first-order valence-corrected chi connectivity index (χ1v) is 5.40. The van der Waals surface area contributed by atoms with Gasteiger partial charge in [0.1, 0.15) is 5.60 Å². The number of methoxy groups -OCH3 is 1. The van der Waals surface area contributed by atoms with Gasteiger partial charge in [0, 0.05) is 7.11 Å². The minimum Gasteiger partial charge on any atom is -0.444 e. The molecule has 1 aliphatic heterocycles. The van der Waals surface area contributed by atoms with Crippen molar-refractivity contribution in [2.75, 3.05) is 7.11 Å². The summed E-state index contributed by atoms with van der Waals surface area (Å²) in [5.74, 6) is 0. The Morgan fingerprint density at radius 2 is 2.07 bits per heavy atom. The van der Waals surface area contributed by atoms with Crippen LogP contribution in [0.15, 0.2) is 4.99 Å². The molecule has 15 heavy (non-hydrogen) atoms. The van der Waals surface area contributed by atoms with Crippen LogP contribution in [0.25, 0.3) is 0 Å². The number of nitrogens with one attached hydrogen (secondary N) is 1. The lowest BCUT2D eigenvalue weighted by Gasteiger charge is -2.32. The van der Waals surface area contributed by atoms with E-state index in [1.807, 2.05) is 27.7 Å². The summed E-state index contributed by atoms with van der Waals surface area (Å²) in [6.45, 7) is 7.24. The Hall–Kier alpha value is -0.750. The summed E-state index contributed by atoms with van der Waals surface area (Å²) in [4.78, 5) is 15.4. The number of rotatable bonds is 1. The molecule has 0 saturated carbocycles. The fraction of sp³-hybridized carbons (Fsp3) is 0.778. The van der Waals surface area contributed by atoms with Crippen LogP contribution in [0.1, 0.15) is 27.7 Å². The number of ether oxygens (including phenoxy) is 2. The topological polar surface area (TPSA) is 59.9 Å². The Balaban J connectivity index is 2.40. The Labute approximate surface area is 93.6 Å². The zero-order chi connectivity index (χ0) is 11.7. The van der Waals surface area contributed by atoms with Crippen LogP contribution in [-0.2, 0) is 9.47 Å². The Kier molecular flexibility index (Phi) is 3.30. The van der Waals surface area contributed by atoms with E-state index in [1.165, 1.54) is 11.8 Å². The molecule has 86 valence electrons. The highest BCUT2D eigenvalue weighted by atomic mass is 32.2. The fourth-order valence-corrected chi connectivity index (χ4v) is 1.70. The molecular formula is C9H16N2O3S. The van der Waals surface area contributed by atoms with Crippen LogP contribution < -0.4 is 5.32 Å². The highest BCUT2D eigenvalue weighted by Gasteiger charge is 2.36. The first kappa shape index (κ1) is 12.3. The molecule has 0 aromatic heterocycles. The maximum atomic E-state index is 11.3. The maximum absolute atomic E-state index is 11.3. The van der Waals surface area contributed by atoms with Crippen LogP contribution in [0.4, 0.5) is 4.79 Å². The molecule has 1 amide bonds. The van der Waals surface area contributed by atoms with Crippen molar-refractivity contribution in [2.45, 2.75) is 38.4 Å². The third kappa shape index (κ3) is 3.71. The normalized spacial score (nSPS) is 25.3. The number of aliphatic imine (C=N–C) groups is 1. The Bertz CT molecular complexity index is 298. The molecule has 1 unspecified atom stereocenters. The first-order chi connectivity index (χ1) is 6.74. The van der Waals surface area contributed by atoms with Gasteiger partial charge in [0.15, 0.2) is 5.17 Å². The smallest absolute Gasteiger partial charge is 0.413 e. The lowest BCUT2D eigenvalue weighted by molar-refractivity contribution is 0.0558. The van der Waals surface area contributed by atoms with E-state index in [1.54, 1.807) is 7.11 Å². The molecule has 0 spiro atoms. The molecule has 0 radical (unpaired) electrons. The number of nitrogens with zero attached hydrogens (tertiary/aromatic N) is 1. The van der Waals surface area contributed by atoms with Crippen LogP contribution in [0.2, 0.25) is 0 Å². The molecule has 6 heteroatoms. The van der Waals surface area contributed by atoms with E-state index in [4.69, 9.17) is 9.47 Å². The average Bonchev–Trinajstić information content (AvgIpc) is 1.97. The minimum absolute atomic E-state index is 0.494. The first-order valence-electron chi connectivity index (χ1n) is 4.58. The lowest BCUT2D eigenvalue weighted by atomic mass is 10.2. The summed E-state index contributed by atoms with van der Waals surface area (Å²) in [6.07, 6.45) is -0.494. The summed E-state index contributed by atoms with van der Waals surface area (Å²) in [6, 6.07) is 0. The molecule has 1 rings (SSSR count). The summed E-state index contributed by atoms with van der Waals surface area (Å²) in [5.41, 5.74) is -0.496. The Morgan fingerprint density at radius 1 is 1.53 bits per heavy atom. The molecular weight excluding hydrogens is 216 g/mol. The van der Waals surface area contributed by atoms with Crippen molar-refractivity contribution in [1.29, 1.82) is 0 Å². The zero-order valence-corrected chi connectivity index (χ0v) is 10.4. The van der Waals surface area contributed by atoms with Gasteiger partial charge in [-0.15, -0.1) is 0 Å². The number of carbonyl (C=O) groups is 1. The van der Waals surface area contributed by atoms with E-state index >= 15 is 0 Å². The zero-order valence-electron chi connectivity index (χ0n) is 9.58. The van der Waals surface area contributed by atoms with Crippen molar-refractivity contribution >= 4 is 23.0 Å². The van der Waals surface area contributed by atoms with Crippen LogP contribution in [0, 0.1) is 0 Å². The van der Waals surface area contributed by atoms with Gasteiger partial charge in [0.05, 0.1) is 0 Å². The van der Waals surface area contributed by atoms with Gasteiger partial charge < -0.3 is 9.47 Å². The SMILES string of the molecule is COC1(C)N=C(NC(=O)OC(C)(C)C)S1. The molecule has 1 N–H and O–H groups in total. The number of amidine groups is 1. The predicted molar refractivity (Wildman–Crippen MR) is 59.8 cm³/mol. The van der Waals surface area contributed by atoms with E-state index in [9.17, 15) is 4.79 Å². The third-order valence-electron chi connectivity index (χ3n) is 1.58. The summed E-state index contributed by atoms with van der Waals surface area (Å²) < 4.78 is 10.1. The van der Waals surface area contributed by atoms with Gasteiger partial charge in [0.2, 0.25) is 5.06 Å². The highest BCUT2D eigenvalue weighted by Crippen LogP contribution is 2.36. The number of hydrogen-bond acceptors (Lipinski definition) is 5. The van der Waals surface area contributed by atoms with Gasteiger partial charge in [-0.1, -0.05) is 0 Å². The number of alkyl carbamates (subject to hydrolysis) is 1. The van der Waals surface area contributed by atoms with Gasteiger partial charge in [-0.05, 0) is 39.5 Å². The van der Waals surface area contributed by atoms with E-state index in [0.29, 0.717) is 5.17 Å². The van der Waals surface area contributed by atoms with Gasteiger partial charge in [-0.2, -0.15) is 0 Å². The van der Waals surface area contributed by atoms with Crippen molar-refractivity contribution < 1.29 is 14.3 Å². The van der Waals surface area contributed by atoms with Gasteiger partial charge >= 0.3 is 6.09 Å². The van der Waals surface area contributed by atoms with E-state index in [0.717, 1.165) is 0 Å². The molecule has 0 aromatic carbocycles. The Morgan fingerprint density at radius 3 is 2.47 bits per heavy atom. The number of hydrogen-bond donors (Lipinski definition) is 1. The lowest BCUT2D eigenvalue weighted by Crippen LogP contribution is -2.43. The molecule has 1 atom stereocenters. The highest BCUT2D eigenvalue weighted by molar-refractivity contribution is 8.16. The monoisotopic (exact) mass is 232 g/mol. The number of thioether (sulfide) groups is 1. The van der Waals surface area contributed by atoms with E-state index < -0.39 is 16.8 Å². The predicted octanol–water partition coefficient (Wildman–Crippen LogP) is 1.93. The second-order valence-electron chi connectivity index (χ2n) is 4.25. The summed E-state index contributed by atoms with van der Waals surface area (Å²) in [7, 11) is 1.57. The summed E-state index contributed by atoms with van der Waals surface area (Å²) in [5, 5.41) is 2.49.